The summed E-state index contributed by atoms with van der Waals surface area (Å²) in [6, 6.07) is 4.75. The highest BCUT2D eigenvalue weighted by atomic mass is 19.1. The lowest BCUT2D eigenvalue weighted by Gasteiger charge is -2.15. The van der Waals surface area contributed by atoms with E-state index in [0.717, 1.165) is 5.82 Å². The molecule has 0 radical (unpaired) electrons. The first-order valence-corrected chi connectivity index (χ1v) is 7.78. The van der Waals surface area contributed by atoms with Crippen LogP contribution in [0.1, 0.15) is 18.2 Å². The molecule has 1 aromatic heterocycles. The summed E-state index contributed by atoms with van der Waals surface area (Å²) < 4.78 is 23.8. The van der Waals surface area contributed by atoms with Gasteiger partial charge in [-0.25, -0.2) is 9.37 Å². The number of benzene rings is 1. The molecule has 1 amide bonds. The number of carbonyl (C=O) groups is 1. The van der Waals surface area contributed by atoms with Gasteiger partial charge in [-0.3, -0.25) is 4.79 Å². The van der Waals surface area contributed by atoms with E-state index < -0.39 is 5.82 Å². The molecule has 1 aliphatic heterocycles. The van der Waals surface area contributed by atoms with Gasteiger partial charge in [0.1, 0.15) is 5.82 Å². The molecule has 128 valence electrons. The number of hydrogen-bond acceptors (Lipinski definition) is 4. The summed E-state index contributed by atoms with van der Waals surface area (Å²) in [5, 5.41) is 0. The third-order valence-electron chi connectivity index (χ3n) is 4.22. The van der Waals surface area contributed by atoms with Crippen molar-refractivity contribution in [2.45, 2.75) is 12.3 Å². The molecule has 1 aliphatic rings. The minimum atomic E-state index is -0.423. The first-order valence-electron chi connectivity index (χ1n) is 7.78. The average molecular weight is 333 g/mol. The number of hydrogen-bond donors (Lipinski definition) is 1. The number of imidazole rings is 1. The predicted octanol–water partition coefficient (Wildman–Crippen LogP) is 2.19. The minimum absolute atomic E-state index is 0.0196. The topological polar surface area (TPSA) is 67.5 Å². The second kappa shape index (κ2) is 7.00. The number of nitrogens with zero attached hydrogens (tertiary/aromatic N) is 2. The molecule has 2 heterocycles. The van der Waals surface area contributed by atoms with Gasteiger partial charge in [0.2, 0.25) is 5.91 Å². The Morgan fingerprint density at radius 1 is 1.42 bits per heavy atom. The fourth-order valence-corrected chi connectivity index (χ4v) is 2.90. The van der Waals surface area contributed by atoms with E-state index >= 15 is 0 Å². The molecule has 1 atom stereocenters. The van der Waals surface area contributed by atoms with Gasteiger partial charge in [0.15, 0.2) is 11.6 Å². The highest BCUT2D eigenvalue weighted by Crippen LogP contribution is 2.29. The largest absolute Gasteiger partial charge is 0.494 e. The fourth-order valence-electron chi connectivity index (χ4n) is 2.90. The molecule has 0 spiro atoms. The van der Waals surface area contributed by atoms with Crippen LogP contribution in [0.4, 0.5) is 4.39 Å². The molecule has 3 rings (SSSR count). The van der Waals surface area contributed by atoms with E-state index in [-0.39, 0.29) is 17.6 Å². The summed E-state index contributed by atoms with van der Waals surface area (Å²) in [5.41, 5.74) is 1.40. The molecule has 2 aromatic rings. The SMILES string of the molecule is COCCN1C[C@@H](c2ncc(-c3ccc(OC)c(F)c3)[nH]2)CC1=O. The average Bonchev–Trinajstić information content (AvgIpc) is 3.20. The highest BCUT2D eigenvalue weighted by molar-refractivity contribution is 5.79. The maximum absolute atomic E-state index is 13.8. The Bertz CT molecular complexity index is 732. The number of amides is 1. The molecule has 1 saturated heterocycles. The molecule has 1 aromatic carbocycles. The molecule has 0 bridgehead atoms. The van der Waals surface area contributed by atoms with Crippen LogP contribution in [-0.2, 0) is 9.53 Å². The van der Waals surface area contributed by atoms with Gasteiger partial charge in [-0.05, 0) is 18.2 Å². The molecule has 0 saturated carbocycles. The van der Waals surface area contributed by atoms with Crippen molar-refractivity contribution in [1.82, 2.24) is 14.9 Å². The quantitative estimate of drug-likeness (QED) is 0.880. The predicted molar refractivity (Wildman–Crippen MR) is 86.3 cm³/mol. The lowest BCUT2D eigenvalue weighted by Crippen LogP contribution is -2.28. The van der Waals surface area contributed by atoms with E-state index in [1.54, 1.807) is 30.3 Å². The third-order valence-corrected chi connectivity index (χ3v) is 4.22. The van der Waals surface area contributed by atoms with Crippen molar-refractivity contribution in [2.24, 2.45) is 0 Å². The molecular formula is C17H20FN3O3. The maximum atomic E-state index is 13.8. The summed E-state index contributed by atoms with van der Waals surface area (Å²) in [6.07, 6.45) is 2.09. The molecule has 0 unspecified atom stereocenters. The van der Waals surface area contributed by atoms with Crippen LogP contribution < -0.4 is 4.74 Å². The lowest BCUT2D eigenvalue weighted by molar-refractivity contribution is -0.128. The van der Waals surface area contributed by atoms with Crippen LogP contribution in [0, 0.1) is 5.82 Å². The van der Waals surface area contributed by atoms with Gasteiger partial charge in [-0.15, -0.1) is 0 Å². The van der Waals surface area contributed by atoms with Crippen molar-refractivity contribution < 1.29 is 18.7 Å². The zero-order valence-corrected chi connectivity index (χ0v) is 13.7. The second-order valence-electron chi connectivity index (χ2n) is 5.77. The van der Waals surface area contributed by atoms with Crippen LogP contribution in [0.5, 0.6) is 5.75 Å². The molecule has 7 heteroatoms. The Morgan fingerprint density at radius 2 is 2.25 bits per heavy atom. The molecule has 1 N–H and O–H groups in total. The van der Waals surface area contributed by atoms with Gasteiger partial charge in [0.25, 0.3) is 0 Å². The summed E-state index contributed by atoms with van der Waals surface area (Å²) in [7, 11) is 3.05. The van der Waals surface area contributed by atoms with Gasteiger partial charge in [-0.1, -0.05) is 0 Å². The Kier molecular flexibility index (Phi) is 4.80. The van der Waals surface area contributed by atoms with Gasteiger partial charge < -0.3 is 19.4 Å². The van der Waals surface area contributed by atoms with Crippen LogP contribution in [-0.4, -0.2) is 54.7 Å². The number of halogens is 1. The van der Waals surface area contributed by atoms with Gasteiger partial charge in [-0.2, -0.15) is 0 Å². The molecule has 1 fully saturated rings. The van der Waals surface area contributed by atoms with E-state index in [1.807, 2.05) is 0 Å². The Morgan fingerprint density at radius 3 is 2.96 bits per heavy atom. The van der Waals surface area contributed by atoms with Crippen molar-refractivity contribution in [3.63, 3.8) is 0 Å². The number of likely N-dealkylation sites (tertiary alicyclic amines) is 1. The lowest BCUT2D eigenvalue weighted by atomic mass is 10.1. The minimum Gasteiger partial charge on any atom is -0.494 e. The van der Waals surface area contributed by atoms with Crippen molar-refractivity contribution >= 4 is 5.91 Å². The normalized spacial score (nSPS) is 17.5. The van der Waals surface area contributed by atoms with Gasteiger partial charge in [0, 0.05) is 38.1 Å². The molecule has 24 heavy (non-hydrogen) atoms. The van der Waals surface area contributed by atoms with Crippen LogP contribution in [0.15, 0.2) is 24.4 Å². The number of ether oxygens (including phenoxy) is 2. The number of aromatic nitrogens is 2. The number of nitrogens with one attached hydrogen (secondary N) is 1. The van der Waals surface area contributed by atoms with Crippen LogP contribution in [0.2, 0.25) is 0 Å². The summed E-state index contributed by atoms with van der Waals surface area (Å²) >= 11 is 0. The van der Waals surface area contributed by atoms with E-state index in [0.29, 0.717) is 37.4 Å². The number of rotatable bonds is 6. The van der Waals surface area contributed by atoms with Crippen LogP contribution in [0.3, 0.4) is 0 Å². The molecular weight excluding hydrogens is 313 g/mol. The van der Waals surface area contributed by atoms with E-state index in [9.17, 15) is 9.18 Å². The third kappa shape index (κ3) is 3.26. The summed E-state index contributed by atoms with van der Waals surface area (Å²) in [5.74, 6) is 0.646. The van der Waals surface area contributed by atoms with Crippen LogP contribution in [0.25, 0.3) is 11.3 Å². The zero-order chi connectivity index (χ0) is 17.1. The Labute approximate surface area is 139 Å². The number of methoxy groups -OCH3 is 2. The Hall–Kier alpha value is -2.41. The summed E-state index contributed by atoms with van der Waals surface area (Å²) in [6.45, 7) is 1.72. The van der Waals surface area contributed by atoms with E-state index in [1.165, 1.54) is 13.2 Å². The standard InChI is InChI=1S/C17H20FN3O3/c1-23-6-5-21-10-12(8-16(21)22)17-19-9-14(20-17)11-3-4-15(24-2)13(18)7-11/h3-4,7,9,12H,5-6,8,10H2,1-2H3,(H,19,20)/t12-/m0/s1. The fraction of sp³-hybridized carbons (Fsp3) is 0.412. The molecule has 0 aliphatic carbocycles. The number of H-pyrrole nitrogens is 1. The number of carbonyl (C=O) groups excluding carboxylic acids is 1. The maximum Gasteiger partial charge on any atom is 0.223 e. The smallest absolute Gasteiger partial charge is 0.223 e. The van der Waals surface area contributed by atoms with Gasteiger partial charge >= 0.3 is 0 Å². The monoisotopic (exact) mass is 333 g/mol. The highest BCUT2D eigenvalue weighted by Gasteiger charge is 2.32. The van der Waals surface area contributed by atoms with Crippen molar-refractivity contribution in [3.05, 3.63) is 36.0 Å². The van der Waals surface area contributed by atoms with Crippen molar-refractivity contribution in [2.75, 3.05) is 33.9 Å². The van der Waals surface area contributed by atoms with E-state index in [4.69, 9.17) is 9.47 Å². The first kappa shape index (κ1) is 16.4. The number of aromatic amines is 1. The summed E-state index contributed by atoms with van der Waals surface area (Å²) in [4.78, 5) is 21.4. The van der Waals surface area contributed by atoms with Crippen molar-refractivity contribution in [3.8, 4) is 17.0 Å². The first-order chi connectivity index (χ1) is 11.6. The van der Waals surface area contributed by atoms with E-state index in [2.05, 4.69) is 9.97 Å². The van der Waals surface area contributed by atoms with Crippen molar-refractivity contribution in [1.29, 1.82) is 0 Å². The van der Waals surface area contributed by atoms with Crippen LogP contribution >= 0.6 is 0 Å². The zero-order valence-electron chi connectivity index (χ0n) is 13.7. The van der Waals surface area contributed by atoms with Gasteiger partial charge in [0.05, 0.1) is 25.6 Å². The second-order valence-corrected chi connectivity index (χ2v) is 5.77. The Balaban J connectivity index is 1.74. The molecule has 6 nitrogen and oxygen atoms in total.